The number of rotatable bonds is 7. The normalized spacial score (nSPS) is 16.7. The molecule has 2 aliphatic heterocycles. The van der Waals surface area contributed by atoms with Crippen molar-refractivity contribution < 1.29 is 9.59 Å². The third-order valence-electron chi connectivity index (χ3n) is 9.15. The van der Waals surface area contributed by atoms with Crippen LogP contribution in [0.5, 0.6) is 0 Å². The molecule has 0 radical (unpaired) electrons. The lowest BCUT2D eigenvalue weighted by atomic mass is 9.88. The Kier molecular flexibility index (Phi) is 8.70. The maximum atomic E-state index is 13.5. The van der Waals surface area contributed by atoms with E-state index in [0.29, 0.717) is 11.5 Å². The Bertz CT molecular complexity index is 1550. The van der Waals surface area contributed by atoms with E-state index in [2.05, 4.69) is 63.8 Å². The first kappa shape index (κ1) is 28.9. The summed E-state index contributed by atoms with van der Waals surface area (Å²) in [5.41, 5.74) is 7.27. The number of aryl methyl sites for hydroxylation is 2. The Morgan fingerprint density at radius 3 is 2.26 bits per heavy atom. The third-order valence-corrected chi connectivity index (χ3v) is 9.15. The maximum absolute atomic E-state index is 13.5. The Labute approximate surface area is 254 Å². The Hall–Kier alpha value is -4.23. The number of nitrogens with one attached hydrogen (secondary N) is 1. The number of piperidine rings is 2. The van der Waals surface area contributed by atoms with Crippen molar-refractivity contribution in [3.8, 4) is 11.1 Å². The van der Waals surface area contributed by atoms with Gasteiger partial charge in [-0.2, -0.15) is 5.10 Å². The van der Waals surface area contributed by atoms with Gasteiger partial charge >= 0.3 is 0 Å². The van der Waals surface area contributed by atoms with Crippen LogP contribution in [-0.4, -0.2) is 57.6 Å². The molecular formula is C36H41N5O2. The Morgan fingerprint density at radius 1 is 0.860 bits per heavy atom. The molecule has 6 rings (SSSR count). The van der Waals surface area contributed by atoms with E-state index in [-0.39, 0.29) is 17.7 Å². The first-order valence-electron chi connectivity index (χ1n) is 15.5. The zero-order valence-electron chi connectivity index (χ0n) is 25.2. The number of likely N-dealkylation sites (tertiary alicyclic amines) is 2. The van der Waals surface area contributed by atoms with Crippen LogP contribution in [0.1, 0.15) is 58.6 Å². The summed E-state index contributed by atoms with van der Waals surface area (Å²) < 4.78 is 1.82. The van der Waals surface area contributed by atoms with Crippen LogP contribution in [0.2, 0.25) is 0 Å². The minimum atomic E-state index is -0.0109. The van der Waals surface area contributed by atoms with E-state index in [1.54, 1.807) is 0 Å². The molecule has 2 fully saturated rings. The van der Waals surface area contributed by atoms with Gasteiger partial charge in [0.15, 0.2) is 0 Å². The second-order valence-electron chi connectivity index (χ2n) is 12.1. The average Bonchev–Trinajstić information content (AvgIpc) is 3.49. The third kappa shape index (κ3) is 6.89. The highest BCUT2D eigenvalue weighted by molar-refractivity contribution is 5.98. The van der Waals surface area contributed by atoms with E-state index >= 15 is 0 Å². The molecule has 7 nitrogen and oxygen atoms in total. The highest BCUT2D eigenvalue weighted by Gasteiger charge is 2.27. The van der Waals surface area contributed by atoms with Crippen molar-refractivity contribution in [3.05, 3.63) is 107 Å². The monoisotopic (exact) mass is 575 g/mol. The second-order valence-corrected chi connectivity index (χ2v) is 12.1. The fourth-order valence-electron chi connectivity index (χ4n) is 6.44. The molecule has 7 heteroatoms. The minimum Gasteiger partial charge on any atom is -0.339 e. The van der Waals surface area contributed by atoms with Gasteiger partial charge in [-0.3, -0.25) is 19.2 Å². The molecule has 0 saturated carbocycles. The number of benzene rings is 3. The van der Waals surface area contributed by atoms with Gasteiger partial charge in [0.05, 0.1) is 6.20 Å². The zero-order valence-corrected chi connectivity index (χ0v) is 25.2. The molecular weight excluding hydrogens is 534 g/mol. The molecule has 3 heterocycles. The van der Waals surface area contributed by atoms with E-state index in [0.717, 1.165) is 75.2 Å². The molecule has 3 aromatic carbocycles. The highest BCUT2D eigenvalue weighted by Crippen LogP contribution is 2.31. The first-order valence-corrected chi connectivity index (χ1v) is 15.5. The standard InChI is InChI=1S/C36H41N5O2/c1-26-8-9-32(22-34(26)38-35(42)31-14-18-40(19-15-31)24-27-6-4-3-5-7-27)36(43)41-20-16-30(17-21-41)28-10-12-29(13-11-28)33-23-37-39(2)25-33/h3-13,22-23,25,30-31H,14-21,24H2,1-2H3,(H,38,42). The number of nitrogens with zero attached hydrogens (tertiary/aromatic N) is 4. The van der Waals surface area contributed by atoms with Crippen molar-refractivity contribution in [2.24, 2.45) is 13.0 Å². The molecule has 0 unspecified atom stereocenters. The van der Waals surface area contributed by atoms with Crippen LogP contribution in [0.15, 0.2) is 85.2 Å². The molecule has 43 heavy (non-hydrogen) atoms. The summed E-state index contributed by atoms with van der Waals surface area (Å²) in [5.74, 6) is 0.528. The summed E-state index contributed by atoms with van der Waals surface area (Å²) in [6, 6.07) is 25.0. The van der Waals surface area contributed by atoms with Crippen LogP contribution < -0.4 is 5.32 Å². The largest absolute Gasteiger partial charge is 0.339 e. The van der Waals surface area contributed by atoms with Crippen molar-refractivity contribution in [1.82, 2.24) is 19.6 Å². The predicted octanol–water partition coefficient (Wildman–Crippen LogP) is 6.27. The molecule has 222 valence electrons. The van der Waals surface area contributed by atoms with Crippen molar-refractivity contribution in [1.29, 1.82) is 0 Å². The molecule has 0 spiro atoms. The second kappa shape index (κ2) is 13.0. The van der Waals surface area contributed by atoms with Crippen LogP contribution in [0, 0.1) is 12.8 Å². The predicted molar refractivity (Wildman–Crippen MR) is 171 cm³/mol. The SMILES string of the molecule is Cc1ccc(C(=O)N2CCC(c3ccc(-c4cnn(C)c4)cc3)CC2)cc1NC(=O)C1CCN(Cc2ccccc2)CC1. The number of amides is 2. The summed E-state index contributed by atoms with van der Waals surface area (Å²) in [4.78, 5) is 31.1. The van der Waals surface area contributed by atoms with Gasteiger partial charge in [-0.05, 0) is 86.0 Å². The van der Waals surface area contributed by atoms with Crippen LogP contribution in [-0.2, 0) is 18.4 Å². The summed E-state index contributed by atoms with van der Waals surface area (Å²) >= 11 is 0. The van der Waals surface area contributed by atoms with Crippen molar-refractivity contribution >= 4 is 17.5 Å². The summed E-state index contributed by atoms with van der Waals surface area (Å²) in [5, 5.41) is 7.43. The maximum Gasteiger partial charge on any atom is 0.253 e. The number of anilines is 1. The van der Waals surface area contributed by atoms with Gasteiger partial charge < -0.3 is 10.2 Å². The van der Waals surface area contributed by atoms with Gasteiger partial charge in [-0.1, -0.05) is 60.7 Å². The highest BCUT2D eigenvalue weighted by atomic mass is 16.2. The number of hydrogen-bond acceptors (Lipinski definition) is 4. The molecule has 0 bridgehead atoms. The quantitative estimate of drug-likeness (QED) is 0.282. The van der Waals surface area contributed by atoms with Crippen LogP contribution in [0.3, 0.4) is 0 Å². The lowest BCUT2D eigenvalue weighted by Gasteiger charge is -2.32. The average molecular weight is 576 g/mol. The first-order chi connectivity index (χ1) is 20.9. The Morgan fingerprint density at radius 2 is 1.58 bits per heavy atom. The van der Waals surface area contributed by atoms with Gasteiger partial charge in [0.25, 0.3) is 5.91 Å². The van der Waals surface area contributed by atoms with Gasteiger partial charge in [0.1, 0.15) is 0 Å². The summed E-state index contributed by atoms with van der Waals surface area (Å²) in [6.45, 7) is 6.19. The van der Waals surface area contributed by atoms with Gasteiger partial charge in [0, 0.05) is 55.6 Å². The summed E-state index contributed by atoms with van der Waals surface area (Å²) in [7, 11) is 1.93. The smallest absolute Gasteiger partial charge is 0.253 e. The van der Waals surface area contributed by atoms with Crippen LogP contribution in [0.25, 0.3) is 11.1 Å². The molecule has 2 aliphatic rings. The van der Waals surface area contributed by atoms with Gasteiger partial charge in [-0.25, -0.2) is 0 Å². The van der Waals surface area contributed by atoms with Crippen molar-refractivity contribution in [2.45, 2.75) is 45.1 Å². The van der Waals surface area contributed by atoms with Gasteiger partial charge in [0.2, 0.25) is 5.91 Å². The van der Waals surface area contributed by atoms with E-state index in [1.165, 1.54) is 16.7 Å². The van der Waals surface area contributed by atoms with E-state index < -0.39 is 0 Å². The van der Waals surface area contributed by atoms with E-state index in [9.17, 15) is 9.59 Å². The Balaban J connectivity index is 1.01. The fourth-order valence-corrected chi connectivity index (χ4v) is 6.44. The van der Waals surface area contributed by atoms with Crippen LogP contribution in [0.4, 0.5) is 5.69 Å². The minimum absolute atomic E-state index is 0.0109. The molecule has 1 aromatic heterocycles. The molecule has 1 N–H and O–H groups in total. The number of carbonyl (C=O) groups is 2. The topological polar surface area (TPSA) is 70.5 Å². The lowest BCUT2D eigenvalue weighted by Crippen LogP contribution is -2.38. The van der Waals surface area contributed by atoms with Crippen molar-refractivity contribution in [2.75, 3.05) is 31.5 Å². The fraction of sp³-hybridized carbons (Fsp3) is 0.361. The number of aromatic nitrogens is 2. The lowest BCUT2D eigenvalue weighted by molar-refractivity contribution is -0.121. The van der Waals surface area contributed by atoms with E-state index in [1.807, 2.05) is 60.2 Å². The molecule has 2 amide bonds. The molecule has 4 aromatic rings. The van der Waals surface area contributed by atoms with E-state index in [4.69, 9.17) is 0 Å². The molecule has 0 aliphatic carbocycles. The molecule has 0 atom stereocenters. The van der Waals surface area contributed by atoms with Gasteiger partial charge in [-0.15, -0.1) is 0 Å². The summed E-state index contributed by atoms with van der Waals surface area (Å²) in [6.07, 6.45) is 7.48. The van der Waals surface area contributed by atoms with Crippen molar-refractivity contribution in [3.63, 3.8) is 0 Å². The zero-order chi connectivity index (χ0) is 29.8. The van der Waals surface area contributed by atoms with Crippen LogP contribution >= 0.6 is 0 Å². The number of carbonyl (C=O) groups excluding carboxylic acids is 2. The number of hydrogen-bond donors (Lipinski definition) is 1. The molecule has 2 saturated heterocycles.